The first-order chi connectivity index (χ1) is 9.95. The molecular weight excluding hydrogens is 290 g/mol. The normalized spacial score (nSPS) is 22.1. The van der Waals surface area contributed by atoms with Crippen molar-refractivity contribution in [3.63, 3.8) is 0 Å². The van der Waals surface area contributed by atoms with Crippen LogP contribution in [0.2, 0.25) is 5.15 Å². The molecule has 1 aliphatic rings. The predicted octanol–water partition coefficient (Wildman–Crippen LogP) is 2.59. The number of rotatable bonds is 4. The molecule has 0 unspecified atom stereocenters. The van der Waals surface area contributed by atoms with Crippen LogP contribution in [0.1, 0.15) is 49.9 Å². The van der Waals surface area contributed by atoms with Crippen LogP contribution in [0.25, 0.3) is 0 Å². The maximum atomic E-state index is 12.4. The zero-order valence-electron chi connectivity index (χ0n) is 12.4. The molecule has 116 valence electrons. The lowest BCUT2D eigenvalue weighted by Gasteiger charge is -2.26. The predicted molar refractivity (Wildman–Crippen MR) is 83.7 cm³/mol. The van der Waals surface area contributed by atoms with Crippen LogP contribution in [0.5, 0.6) is 0 Å². The van der Waals surface area contributed by atoms with Gasteiger partial charge in [-0.25, -0.2) is 4.98 Å². The number of aromatic nitrogens is 1. The van der Waals surface area contributed by atoms with Gasteiger partial charge in [-0.05, 0) is 45.6 Å². The number of halogens is 1. The van der Waals surface area contributed by atoms with Gasteiger partial charge in [-0.1, -0.05) is 11.6 Å². The van der Waals surface area contributed by atoms with Crippen LogP contribution >= 0.6 is 11.6 Å². The molecule has 1 saturated carbocycles. The number of hydrogen-bond acceptors (Lipinski definition) is 4. The number of hydrogen-bond donors (Lipinski definition) is 3. The number of anilines is 1. The molecule has 0 aromatic carbocycles. The van der Waals surface area contributed by atoms with E-state index in [4.69, 9.17) is 11.6 Å². The van der Waals surface area contributed by atoms with E-state index in [0.29, 0.717) is 16.4 Å². The van der Waals surface area contributed by atoms with Gasteiger partial charge in [0.25, 0.3) is 5.91 Å². The number of carbonyl (C=O) groups excluding carboxylic acids is 1. The maximum absolute atomic E-state index is 12.4. The van der Waals surface area contributed by atoms with Gasteiger partial charge in [0.05, 0.1) is 17.4 Å². The Kier molecular flexibility index (Phi) is 5.42. The summed E-state index contributed by atoms with van der Waals surface area (Å²) in [6, 6.07) is 1.98. The smallest absolute Gasteiger partial charge is 0.255 e. The summed E-state index contributed by atoms with van der Waals surface area (Å²) in [7, 11) is 0. The van der Waals surface area contributed by atoms with Crippen LogP contribution in [0.3, 0.4) is 0 Å². The molecule has 0 bridgehead atoms. The second kappa shape index (κ2) is 7.09. The third-order valence-electron chi connectivity index (χ3n) is 3.59. The van der Waals surface area contributed by atoms with Crippen LogP contribution in [0.15, 0.2) is 12.3 Å². The summed E-state index contributed by atoms with van der Waals surface area (Å²) < 4.78 is 0. The van der Waals surface area contributed by atoms with Gasteiger partial charge in [0, 0.05) is 18.3 Å². The molecule has 5 nitrogen and oxygen atoms in total. The molecular formula is C15H22ClN3O2. The van der Waals surface area contributed by atoms with Crippen molar-refractivity contribution in [2.75, 3.05) is 5.32 Å². The standard InChI is InChI=1S/C15H22ClN3O2/c1-9(2)18-13-7-14(16)17-8-12(13)15(21)19-10-3-5-11(20)6-4-10/h7-11,20H,3-6H2,1-2H3,(H,17,18)(H,19,21). The lowest BCUT2D eigenvalue weighted by Crippen LogP contribution is -2.39. The number of nitrogens with zero attached hydrogens (tertiary/aromatic N) is 1. The third-order valence-corrected chi connectivity index (χ3v) is 3.80. The largest absolute Gasteiger partial charge is 0.393 e. The molecule has 1 amide bonds. The van der Waals surface area contributed by atoms with Gasteiger partial charge in [0.2, 0.25) is 0 Å². The average molecular weight is 312 g/mol. The molecule has 3 N–H and O–H groups in total. The van der Waals surface area contributed by atoms with E-state index < -0.39 is 0 Å². The Balaban J connectivity index is 2.07. The Hall–Kier alpha value is -1.33. The van der Waals surface area contributed by atoms with E-state index in [1.165, 1.54) is 6.20 Å². The van der Waals surface area contributed by atoms with Crippen molar-refractivity contribution in [1.29, 1.82) is 0 Å². The van der Waals surface area contributed by atoms with Gasteiger partial charge in [0.15, 0.2) is 0 Å². The van der Waals surface area contributed by atoms with Gasteiger partial charge in [-0.3, -0.25) is 4.79 Å². The molecule has 1 heterocycles. The molecule has 0 atom stereocenters. The molecule has 1 aromatic heterocycles. The first-order valence-corrected chi connectivity index (χ1v) is 7.74. The number of aliphatic hydroxyl groups is 1. The minimum absolute atomic E-state index is 0.114. The molecule has 0 spiro atoms. The van der Waals surface area contributed by atoms with Crippen LogP contribution in [0.4, 0.5) is 5.69 Å². The molecule has 6 heteroatoms. The van der Waals surface area contributed by atoms with E-state index in [9.17, 15) is 9.90 Å². The zero-order chi connectivity index (χ0) is 15.4. The maximum Gasteiger partial charge on any atom is 0.255 e. The fourth-order valence-electron chi connectivity index (χ4n) is 2.52. The highest BCUT2D eigenvalue weighted by atomic mass is 35.5. The van der Waals surface area contributed by atoms with Gasteiger partial charge in [-0.15, -0.1) is 0 Å². The number of pyridine rings is 1. The van der Waals surface area contributed by atoms with E-state index >= 15 is 0 Å². The summed E-state index contributed by atoms with van der Waals surface area (Å²) in [5.74, 6) is -0.149. The summed E-state index contributed by atoms with van der Waals surface area (Å²) in [4.78, 5) is 16.4. The van der Waals surface area contributed by atoms with Gasteiger partial charge in [-0.2, -0.15) is 0 Å². The first kappa shape index (κ1) is 16.0. The Morgan fingerprint density at radius 3 is 2.67 bits per heavy atom. The molecule has 1 aliphatic carbocycles. The Morgan fingerprint density at radius 2 is 2.05 bits per heavy atom. The lowest BCUT2D eigenvalue weighted by atomic mass is 9.93. The number of amides is 1. The summed E-state index contributed by atoms with van der Waals surface area (Å²) in [5, 5.41) is 16.1. The molecule has 1 aromatic rings. The Bertz CT molecular complexity index is 500. The number of nitrogens with one attached hydrogen (secondary N) is 2. The highest BCUT2D eigenvalue weighted by molar-refractivity contribution is 6.29. The van der Waals surface area contributed by atoms with Crippen molar-refractivity contribution in [1.82, 2.24) is 10.3 Å². The highest BCUT2D eigenvalue weighted by Gasteiger charge is 2.22. The molecule has 0 radical (unpaired) electrons. The highest BCUT2D eigenvalue weighted by Crippen LogP contribution is 2.22. The minimum Gasteiger partial charge on any atom is -0.393 e. The zero-order valence-corrected chi connectivity index (χ0v) is 13.2. The van der Waals surface area contributed by atoms with Crippen LogP contribution < -0.4 is 10.6 Å². The molecule has 1 fully saturated rings. The van der Waals surface area contributed by atoms with Crippen molar-refractivity contribution in [3.05, 3.63) is 23.0 Å². The molecule has 0 saturated heterocycles. The summed E-state index contributed by atoms with van der Waals surface area (Å²) in [6.45, 7) is 4.00. The average Bonchev–Trinajstić information content (AvgIpc) is 2.40. The quantitative estimate of drug-likeness (QED) is 0.747. The summed E-state index contributed by atoms with van der Waals surface area (Å²) >= 11 is 5.90. The molecule has 21 heavy (non-hydrogen) atoms. The van der Waals surface area contributed by atoms with Crippen molar-refractivity contribution < 1.29 is 9.90 Å². The third kappa shape index (κ3) is 4.58. The number of carbonyl (C=O) groups is 1. The van der Waals surface area contributed by atoms with Crippen molar-refractivity contribution >= 4 is 23.2 Å². The van der Waals surface area contributed by atoms with Gasteiger partial charge >= 0.3 is 0 Å². The van der Waals surface area contributed by atoms with Crippen molar-refractivity contribution in [3.8, 4) is 0 Å². The fraction of sp³-hybridized carbons (Fsp3) is 0.600. The second-order valence-corrected chi connectivity index (χ2v) is 6.22. The SMILES string of the molecule is CC(C)Nc1cc(Cl)ncc1C(=O)NC1CCC(O)CC1. The second-order valence-electron chi connectivity index (χ2n) is 5.83. The van der Waals surface area contributed by atoms with Crippen molar-refractivity contribution in [2.45, 2.75) is 57.7 Å². The minimum atomic E-state index is -0.228. The number of aliphatic hydroxyl groups excluding tert-OH is 1. The lowest BCUT2D eigenvalue weighted by molar-refractivity contribution is 0.0868. The van der Waals surface area contributed by atoms with Gasteiger partial charge in [0.1, 0.15) is 5.15 Å². The van der Waals surface area contributed by atoms with Gasteiger partial charge < -0.3 is 15.7 Å². The van der Waals surface area contributed by atoms with E-state index in [1.54, 1.807) is 6.07 Å². The van der Waals surface area contributed by atoms with E-state index in [2.05, 4.69) is 15.6 Å². The fourth-order valence-corrected chi connectivity index (χ4v) is 2.68. The van der Waals surface area contributed by atoms with E-state index in [1.807, 2.05) is 13.8 Å². The Labute approximate surface area is 130 Å². The van der Waals surface area contributed by atoms with Crippen LogP contribution in [-0.2, 0) is 0 Å². The van der Waals surface area contributed by atoms with E-state index in [-0.39, 0.29) is 24.1 Å². The summed E-state index contributed by atoms with van der Waals surface area (Å²) in [5.41, 5.74) is 1.19. The molecule has 2 rings (SSSR count). The van der Waals surface area contributed by atoms with Crippen molar-refractivity contribution in [2.24, 2.45) is 0 Å². The molecule has 0 aliphatic heterocycles. The van der Waals surface area contributed by atoms with E-state index in [0.717, 1.165) is 25.7 Å². The topological polar surface area (TPSA) is 74.2 Å². The van der Waals surface area contributed by atoms with Crippen LogP contribution in [-0.4, -0.2) is 34.2 Å². The Morgan fingerprint density at radius 1 is 1.38 bits per heavy atom. The van der Waals surface area contributed by atoms with Crippen LogP contribution in [0, 0.1) is 0 Å². The monoisotopic (exact) mass is 311 g/mol. The summed E-state index contributed by atoms with van der Waals surface area (Å²) in [6.07, 6.45) is 4.36. The first-order valence-electron chi connectivity index (χ1n) is 7.36.